The molecule has 2 aliphatic heterocycles. The van der Waals surface area contributed by atoms with Gasteiger partial charge in [0.05, 0.1) is 6.20 Å². The minimum atomic E-state index is 0.0977. The van der Waals surface area contributed by atoms with Gasteiger partial charge in [-0.2, -0.15) is 5.10 Å². The molecule has 17 heavy (non-hydrogen) atoms. The fourth-order valence-electron chi connectivity index (χ4n) is 3.13. The first-order valence-electron chi connectivity index (χ1n) is 6.35. The first-order valence-corrected chi connectivity index (χ1v) is 6.35. The molecule has 0 aliphatic carbocycles. The van der Waals surface area contributed by atoms with Crippen molar-refractivity contribution in [1.82, 2.24) is 15.5 Å². The number of fused-ring (bicyclic) bond motifs is 2. The van der Waals surface area contributed by atoms with Crippen LogP contribution in [0.5, 0.6) is 0 Å². The van der Waals surface area contributed by atoms with Gasteiger partial charge in [-0.1, -0.05) is 0 Å². The topological polar surface area (TPSA) is 69.8 Å². The third-order valence-electron chi connectivity index (χ3n) is 3.82. The lowest BCUT2D eigenvalue weighted by atomic mass is 9.89. The molecule has 2 unspecified atom stereocenters. The summed E-state index contributed by atoms with van der Waals surface area (Å²) in [6.07, 6.45) is 7.13. The molecular formula is C12H18N4O. The second-order valence-corrected chi connectivity index (χ2v) is 5.20. The second-order valence-electron chi connectivity index (χ2n) is 5.20. The van der Waals surface area contributed by atoms with Crippen LogP contribution in [0.2, 0.25) is 0 Å². The molecule has 0 aromatic carbocycles. The predicted molar refractivity (Wildman–Crippen MR) is 64.5 cm³/mol. The van der Waals surface area contributed by atoms with Gasteiger partial charge >= 0.3 is 0 Å². The van der Waals surface area contributed by atoms with E-state index in [1.165, 1.54) is 12.8 Å². The number of H-pyrrole nitrogens is 1. The summed E-state index contributed by atoms with van der Waals surface area (Å²) in [6.45, 7) is 0. The Morgan fingerprint density at radius 1 is 1.41 bits per heavy atom. The number of aromatic nitrogens is 2. The molecule has 2 atom stereocenters. The molecule has 0 saturated carbocycles. The third kappa shape index (κ3) is 2.49. The van der Waals surface area contributed by atoms with E-state index in [9.17, 15) is 4.79 Å². The van der Waals surface area contributed by atoms with E-state index in [0.717, 1.165) is 12.8 Å². The van der Waals surface area contributed by atoms with Crippen molar-refractivity contribution >= 4 is 11.7 Å². The smallest absolute Gasteiger partial charge is 0.225 e. The summed E-state index contributed by atoms with van der Waals surface area (Å²) < 4.78 is 0. The molecule has 1 amide bonds. The number of carbonyl (C=O) groups is 1. The van der Waals surface area contributed by atoms with Crippen LogP contribution in [-0.2, 0) is 4.79 Å². The highest BCUT2D eigenvalue weighted by molar-refractivity contribution is 5.89. The molecule has 5 nitrogen and oxygen atoms in total. The first-order chi connectivity index (χ1) is 8.29. The summed E-state index contributed by atoms with van der Waals surface area (Å²) in [5.74, 6) is 1.32. The Kier molecular flexibility index (Phi) is 2.84. The standard InChI is InChI=1S/C12H18N4O/c17-12(15-11-3-4-13-16-11)7-8-5-9-1-2-10(6-8)14-9/h3-4,8-10,14H,1-2,5-7H2,(H2,13,15,16,17). The minimum Gasteiger partial charge on any atom is -0.311 e. The average Bonchev–Trinajstić information content (AvgIpc) is 2.89. The van der Waals surface area contributed by atoms with Crippen molar-refractivity contribution in [3.8, 4) is 0 Å². The van der Waals surface area contributed by atoms with Gasteiger partial charge in [0.2, 0.25) is 5.91 Å². The highest BCUT2D eigenvalue weighted by Gasteiger charge is 2.34. The van der Waals surface area contributed by atoms with Crippen LogP contribution < -0.4 is 10.6 Å². The Hall–Kier alpha value is -1.36. The number of nitrogens with zero attached hydrogens (tertiary/aromatic N) is 1. The van der Waals surface area contributed by atoms with Crippen LogP contribution in [0.3, 0.4) is 0 Å². The molecule has 5 heteroatoms. The van der Waals surface area contributed by atoms with E-state index in [2.05, 4.69) is 20.8 Å². The molecular weight excluding hydrogens is 216 g/mol. The van der Waals surface area contributed by atoms with Crippen molar-refractivity contribution in [2.75, 3.05) is 5.32 Å². The van der Waals surface area contributed by atoms with E-state index in [-0.39, 0.29) is 5.91 Å². The number of anilines is 1. The zero-order chi connectivity index (χ0) is 11.7. The maximum atomic E-state index is 11.8. The first kappa shape index (κ1) is 10.8. The fourth-order valence-corrected chi connectivity index (χ4v) is 3.13. The van der Waals surface area contributed by atoms with E-state index in [4.69, 9.17) is 0 Å². The summed E-state index contributed by atoms with van der Waals surface area (Å²) in [6, 6.07) is 3.07. The van der Waals surface area contributed by atoms with Crippen molar-refractivity contribution in [2.24, 2.45) is 5.92 Å². The number of rotatable bonds is 3. The zero-order valence-electron chi connectivity index (χ0n) is 9.78. The quantitative estimate of drug-likeness (QED) is 0.737. The van der Waals surface area contributed by atoms with Crippen molar-refractivity contribution in [2.45, 2.75) is 44.2 Å². The van der Waals surface area contributed by atoms with E-state index in [0.29, 0.717) is 30.2 Å². The van der Waals surface area contributed by atoms with Crippen molar-refractivity contribution in [1.29, 1.82) is 0 Å². The highest BCUT2D eigenvalue weighted by atomic mass is 16.1. The predicted octanol–water partition coefficient (Wildman–Crippen LogP) is 1.27. The number of piperidine rings is 1. The highest BCUT2D eigenvalue weighted by Crippen LogP contribution is 2.32. The molecule has 1 aromatic rings. The van der Waals surface area contributed by atoms with Gasteiger partial charge in [-0.15, -0.1) is 0 Å². The Morgan fingerprint density at radius 2 is 2.18 bits per heavy atom. The van der Waals surface area contributed by atoms with Gasteiger partial charge in [0.1, 0.15) is 5.82 Å². The largest absolute Gasteiger partial charge is 0.311 e. The minimum absolute atomic E-state index is 0.0977. The molecule has 2 saturated heterocycles. The molecule has 2 aliphatic rings. The van der Waals surface area contributed by atoms with Crippen LogP contribution in [0, 0.1) is 5.92 Å². The van der Waals surface area contributed by atoms with Crippen LogP contribution >= 0.6 is 0 Å². The average molecular weight is 234 g/mol. The lowest BCUT2D eigenvalue weighted by molar-refractivity contribution is -0.117. The molecule has 3 heterocycles. The fraction of sp³-hybridized carbons (Fsp3) is 0.667. The van der Waals surface area contributed by atoms with E-state index in [1.807, 2.05) is 0 Å². The molecule has 92 valence electrons. The summed E-state index contributed by atoms with van der Waals surface area (Å²) in [4.78, 5) is 11.8. The maximum Gasteiger partial charge on any atom is 0.225 e. The SMILES string of the molecule is O=C(CC1CC2CCC(C1)N2)Nc1ccn[nH]1. The van der Waals surface area contributed by atoms with Crippen LogP contribution in [0.25, 0.3) is 0 Å². The van der Waals surface area contributed by atoms with Crippen molar-refractivity contribution in [3.63, 3.8) is 0 Å². The van der Waals surface area contributed by atoms with Crippen LogP contribution in [0.4, 0.5) is 5.82 Å². The lowest BCUT2D eigenvalue weighted by Gasteiger charge is -2.28. The normalized spacial score (nSPS) is 31.4. The second kappa shape index (κ2) is 4.49. The molecule has 0 radical (unpaired) electrons. The number of hydrogen-bond acceptors (Lipinski definition) is 3. The molecule has 3 rings (SSSR count). The van der Waals surface area contributed by atoms with Crippen LogP contribution in [0.1, 0.15) is 32.1 Å². The number of amides is 1. The molecule has 2 bridgehead atoms. The summed E-state index contributed by atoms with van der Waals surface area (Å²) in [5.41, 5.74) is 0. The van der Waals surface area contributed by atoms with E-state index >= 15 is 0 Å². The number of nitrogens with one attached hydrogen (secondary N) is 3. The van der Waals surface area contributed by atoms with Gasteiger partial charge < -0.3 is 10.6 Å². The summed E-state index contributed by atoms with van der Waals surface area (Å²) in [7, 11) is 0. The zero-order valence-corrected chi connectivity index (χ0v) is 9.78. The van der Waals surface area contributed by atoms with Crippen molar-refractivity contribution < 1.29 is 4.79 Å². The molecule has 3 N–H and O–H groups in total. The van der Waals surface area contributed by atoms with Gasteiger partial charge in [0.15, 0.2) is 0 Å². The van der Waals surface area contributed by atoms with Gasteiger partial charge in [-0.25, -0.2) is 0 Å². The maximum absolute atomic E-state index is 11.8. The lowest BCUT2D eigenvalue weighted by Crippen LogP contribution is -2.39. The van der Waals surface area contributed by atoms with E-state index < -0.39 is 0 Å². The van der Waals surface area contributed by atoms with Gasteiger partial charge in [0.25, 0.3) is 0 Å². The van der Waals surface area contributed by atoms with E-state index in [1.54, 1.807) is 12.3 Å². The van der Waals surface area contributed by atoms with Crippen molar-refractivity contribution in [3.05, 3.63) is 12.3 Å². The Morgan fingerprint density at radius 3 is 2.82 bits per heavy atom. The number of aromatic amines is 1. The number of carbonyl (C=O) groups excluding carboxylic acids is 1. The Bertz CT molecular complexity index is 377. The van der Waals surface area contributed by atoms with Crippen LogP contribution in [0.15, 0.2) is 12.3 Å². The molecule has 1 aromatic heterocycles. The molecule has 0 spiro atoms. The van der Waals surface area contributed by atoms with Crippen LogP contribution in [-0.4, -0.2) is 28.2 Å². The number of hydrogen-bond donors (Lipinski definition) is 3. The summed E-state index contributed by atoms with van der Waals surface area (Å²) >= 11 is 0. The summed E-state index contributed by atoms with van der Waals surface area (Å²) in [5, 5.41) is 13.0. The molecule has 2 fully saturated rings. The van der Waals surface area contributed by atoms with Gasteiger partial charge in [0, 0.05) is 24.6 Å². The third-order valence-corrected chi connectivity index (χ3v) is 3.82. The Labute approximate surface area is 100 Å². The Balaban J connectivity index is 1.51. The van der Waals surface area contributed by atoms with Gasteiger partial charge in [-0.3, -0.25) is 9.89 Å². The van der Waals surface area contributed by atoms with Gasteiger partial charge in [-0.05, 0) is 31.6 Å². The monoisotopic (exact) mass is 234 g/mol.